The molecule has 1 aromatic rings. The third kappa shape index (κ3) is 3.96. The van der Waals surface area contributed by atoms with Gasteiger partial charge in [-0.3, -0.25) is 9.59 Å². The van der Waals surface area contributed by atoms with Crippen LogP contribution in [0.15, 0.2) is 24.3 Å². The third-order valence-electron chi connectivity index (χ3n) is 5.51. The van der Waals surface area contributed by atoms with Crippen LogP contribution in [0.1, 0.15) is 25.7 Å². The van der Waals surface area contributed by atoms with E-state index in [2.05, 4.69) is 10.6 Å². The highest BCUT2D eigenvalue weighted by Gasteiger charge is 2.55. The van der Waals surface area contributed by atoms with E-state index in [4.69, 9.17) is 21.1 Å². The van der Waals surface area contributed by atoms with E-state index in [-0.39, 0.29) is 36.6 Å². The lowest BCUT2D eigenvalue weighted by atomic mass is 10.1. The first-order valence-corrected chi connectivity index (χ1v) is 9.57. The van der Waals surface area contributed by atoms with Gasteiger partial charge >= 0.3 is 0 Å². The zero-order chi connectivity index (χ0) is 18.1. The number of ether oxygens (including phenoxy) is 2. The average molecular weight is 379 g/mol. The van der Waals surface area contributed by atoms with Crippen LogP contribution >= 0.6 is 11.6 Å². The fourth-order valence-electron chi connectivity index (χ4n) is 4.10. The smallest absolute Gasteiger partial charge is 0.258 e. The molecule has 1 saturated heterocycles. The van der Waals surface area contributed by atoms with Gasteiger partial charge in [-0.1, -0.05) is 11.6 Å². The van der Waals surface area contributed by atoms with Gasteiger partial charge in [0, 0.05) is 23.7 Å². The highest BCUT2D eigenvalue weighted by molar-refractivity contribution is 6.30. The molecule has 7 heteroatoms. The highest BCUT2D eigenvalue weighted by atomic mass is 35.5. The second-order valence-electron chi connectivity index (χ2n) is 7.33. The Morgan fingerprint density at radius 2 is 1.85 bits per heavy atom. The Morgan fingerprint density at radius 3 is 2.54 bits per heavy atom. The van der Waals surface area contributed by atoms with E-state index in [0.29, 0.717) is 29.2 Å². The van der Waals surface area contributed by atoms with Crippen molar-refractivity contribution in [3.05, 3.63) is 29.3 Å². The zero-order valence-corrected chi connectivity index (χ0v) is 15.2. The number of benzene rings is 1. The van der Waals surface area contributed by atoms with Crippen LogP contribution in [0, 0.1) is 11.8 Å². The van der Waals surface area contributed by atoms with Crippen LogP contribution in [0.4, 0.5) is 0 Å². The van der Waals surface area contributed by atoms with Gasteiger partial charge in [0.05, 0.1) is 0 Å². The molecule has 140 valence electrons. The van der Waals surface area contributed by atoms with Crippen molar-refractivity contribution < 1.29 is 19.1 Å². The van der Waals surface area contributed by atoms with Crippen molar-refractivity contribution in [3.63, 3.8) is 0 Å². The topological polar surface area (TPSA) is 76.7 Å². The lowest BCUT2D eigenvalue weighted by Crippen LogP contribution is -2.44. The summed E-state index contributed by atoms with van der Waals surface area (Å²) in [4.78, 5) is 24.4. The van der Waals surface area contributed by atoms with E-state index >= 15 is 0 Å². The maximum atomic E-state index is 12.2. The fourth-order valence-corrected chi connectivity index (χ4v) is 4.23. The van der Waals surface area contributed by atoms with Crippen LogP contribution < -0.4 is 15.4 Å². The fraction of sp³-hybridized carbons (Fsp3) is 0.579. The maximum absolute atomic E-state index is 12.2. The third-order valence-corrected chi connectivity index (χ3v) is 5.76. The van der Waals surface area contributed by atoms with E-state index in [9.17, 15) is 9.59 Å². The quantitative estimate of drug-likeness (QED) is 0.792. The van der Waals surface area contributed by atoms with Gasteiger partial charge in [0.1, 0.15) is 11.9 Å². The number of amides is 2. The molecule has 0 aromatic heterocycles. The van der Waals surface area contributed by atoms with E-state index in [1.165, 1.54) is 0 Å². The van der Waals surface area contributed by atoms with Gasteiger partial charge in [-0.2, -0.15) is 0 Å². The number of rotatable bonds is 6. The van der Waals surface area contributed by atoms with Crippen molar-refractivity contribution in [3.8, 4) is 5.75 Å². The van der Waals surface area contributed by atoms with Crippen molar-refractivity contribution in [1.29, 1.82) is 0 Å². The molecule has 26 heavy (non-hydrogen) atoms. The summed E-state index contributed by atoms with van der Waals surface area (Å²) in [6.45, 7) is 0.642. The molecule has 3 fully saturated rings. The molecular formula is C19H23ClN2O4. The van der Waals surface area contributed by atoms with Gasteiger partial charge in [-0.25, -0.2) is 0 Å². The summed E-state index contributed by atoms with van der Waals surface area (Å²) >= 11 is 5.83. The summed E-state index contributed by atoms with van der Waals surface area (Å²) < 4.78 is 10.9. The summed E-state index contributed by atoms with van der Waals surface area (Å²) in [6, 6.07) is 7.16. The molecule has 1 aromatic carbocycles. The number of nitrogens with one attached hydrogen (secondary N) is 2. The van der Waals surface area contributed by atoms with Crippen molar-refractivity contribution in [2.24, 2.45) is 11.8 Å². The Morgan fingerprint density at radius 1 is 1.12 bits per heavy atom. The SMILES string of the molecule is O=C(COc1ccc(Cl)cc1)N[C@H]1C[C@@H](NC(=O)C2CCCO2)C2CC21. The lowest BCUT2D eigenvalue weighted by Gasteiger charge is -2.20. The van der Waals surface area contributed by atoms with E-state index in [1.54, 1.807) is 24.3 Å². The van der Waals surface area contributed by atoms with Gasteiger partial charge in [0.15, 0.2) is 6.61 Å². The molecular weight excluding hydrogens is 356 g/mol. The number of carbonyl (C=O) groups excluding carboxylic acids is 2. The molecule has 2 N–H and O–H groups in total. The highest BCUT2D eigenvalue weighted by Crippen LogP contribution is 2.52. The Balaban J connectivity index is 1.22. The van der Waals surface area contributed by atoms with Gasteiger partial charge in [-0.15, -0.1) is 0 Å². The molecule has 1 heterocycles. The molecule has 2 saturated carbocycles. The van der Waals surface area contributed by atoms with Crippen LogP contribution in [0.2, 0.25) is 5.02 Å². The summed E-state index contributed by atoms with van der Waals surface area (Å²) in [5.41, 5.74) is 0. The number of carbonyl (C=O) groups is 2. The van der Waals surface area contributed by atoms with Crippen LogP contribution in [0.25, 0.3) is 0 Å². The van der Waals surface area contributed by atoms with Crippen molar-refractivity contribution in [2.75, 3.05) is 13.2 Å². The van der Waals surface area contributed by atoms with Gasteiger partial charge in [0.2, 0.25) is 5.91 Å². The molecule has 6 nitrogen and oxygen atoms in total. The molecule has 5 atom stereocenters. The number of hydrogen-bond donors (Lipinski definition) is 2. The first-order chi connectivity index (χ1) is 12.6. The van der Waals surface area contributed by atoms with Crippen molar-refractivity contribution >= 4 is 23.4 Å². The predicted molar refractivity (Wildman–Crippen MR) is 96.0 cm³/mol. The van der Waals surface area contributed by atoms with Crippen LogP contribution in [0.3, 0.4) is 0 Å². The van der Waals surface area contributed by atoms with Crippen LogP contribution in [-0.4, -0.2) is 43.2 Å². The molecule has 0 radical (unpaired) electrons. The molecule has 0 bridgehead atoms. The minimum absolute atomic E-state index is 0.00352. The van der Waals surface area contributed by atoms with E-state index in [1.807, 2.05) is 0 Å². The zero-order valence-electron chi connectivity index (χ0n) is 14.4. The minimum atomic E-state index is -0.298. The van der Waals surface area contributed by atoms with E-state index < -0.39 is 0 Å². The van der Waals surface area contributed by atoms with E-state index in [0.717, 1.165) is 25.7 Å². The molecule has 0 spiro atoms. The predicted octanol–water partition coefficient (Wildman–Crippen LogP) is 1.91. The second kappa shape index (κ2) is 7.45. The molecule has 2 amide bonds. The molecule has 1 aliphatic heterocycles. The number of fused-ring (bicyclic) bond motifs is 1. The second-order valence-corrected chi connectivity index (χ2v) is 7.77. The number of halogens is 1. The van der Waals surface area contributed by atoms with Crippen molar-refractivity contribution in [2.45, 2.75) is 43.9 Å². The molecule has 3 aliphatic rings. The lowest BCUT2D eigenvalue weighted by molar-refractivity contribution is -0.130. The molecule has 4 rings (SSSR count). The largest absolute Gasteiger partial charge is 0.484 e. The van der Waals surface area contributed by atoms with Gasteiger partial charge in [0.25, 0.3) is 5.91 Å². The Kier molecular flexibility index (Phi) is 5.05. The van der Waals surface area contributed by atoms with Gasteiger partial charge < -0.3 is 20.1 Å². The first-order valence-electron chi connectivity index (χ1n) is 9.20. The first kappa shape index (κ1) is 17.6. The monoisotopic (exact) mass is 378 g/mol. The summed E-state index contributed by atoms with van der Waals surface area (Å²) in [7, 11) is 0. The molecule has 2 aliphatic carbocycles. The standard InChI is InChI=1S/C19H23ClN2O4/c20-11-3-5-12(6-4-11)26-10-18(23)21-15-9-16(14-8-13(14)15)22-19(24)17-2-1-7-25-17/h3-6,13-17H,1-2,7-10H2,(H,21,23)(H,22,24)/t13?,14?,15-,16+,17?/m0/s1. The summed E-state index contributed by atoms with van der Waals surface area (Å²) in [6.07, 6.45) is 3.28. The Labute approximate surface area is 157 Å². The van der Waals surface area contributed by atoms with Gasteiger partial charge in [-0.05, 0) is 61.8 Å². The Bertz CT molecular complexity index is 675. The Hall–Kier alpha value is -1.79. The normalized spacial score (nSPS) is 32.0. The minimum Gasteiger partial charge on any atom is -0.484 e. The number of hydrogen-bond acceptors (Lipinski definition) is 4. The molecule has 3 unspecified atom stereocenters. The average Bonchev–Trinajstić information content (AvgIpc) is 3.09. The maximum Gasteiger partial charge on any atom is 0.258 e. The van der Waals surface area contributed by atoms with Crippen LogP contribution in [-0.2, 0) is 14.3 Å². The summed E-state index contributed by atoms with van der Waals surface area (Å²) in [5, 5.41) is 6.80. The van der Waals surface area contributed by atoms with Crippen molar-refractivity contribution in [1.82, 2.24) is 10.6 Å². The summed E-state index contributed by atoms with van der Waals surface area (Å²) in [5.74, 6) is 1.41. The van der Waals surface area contributed by atoms with Crippen LogP contribution in [0.5, 0.6) is 5.75 Å².